The standard InChI is InChI=1S/C20H20OP.C5H5.Fe/c1-2-16-21-19-14-9-15-20(19)22(17-10-5-3-6-11-17)18-12-7-4-8-13-18;1-2-4-5-3-1;/h3-15H,2,16H2,1H3;1-5H;. The van der Waals surface area contributed by atoms with E-state index in [9.17, 15) is 0 Å². The predicted molar refractivity (Wildman–Crippen MR) is 111 cm³/mol. The summed E-state index contributed by atoms with van der Waals surface area (Å²) < 4.78 is 8.51. The Morgan fingerprint density at radius 3 is 1.75 bits per heavy atom. The van der Waals surface area contributed by atoms with Crippen molar-refractivity contribution in [2.24, 2.45) is 0 Å². The summed E-state index contributed by atoms with van der Waals surface area (Å²) >= 11 is 0. The number of hydrogen-bond donors (Lipinski definition) is 0. The van der Waals surface area contributed by atoms with Crippen LogP contribution in [-0.4, -0.2) is 15.2 Å². The zero-order chi connectivity index (χ0) is 17.9. The molecule has 28 heavy (non-hydrogen) atoms. The van der Waals surface area contributed by atoms with E-state index in [4.69, 9.17) is 4.74 Å². The fourth-order valence-electron chi connectivity index (χ4n) is 19.2. The van der Waals surface area contributed by atoms with Crippen LogP contribution >= 0.6 is 7.92 Å². The Kier molecular flexibility index (Phi) is 0.745. The van der Waals surface area contributed by atoms with Gasteiger partial charge in [-0.15, -0.1) is 0 Å². The Balaban J connectivity index is 1.26. The molecule has 0 aliphatic carbocycles. The van der Waals surface area contributed by atoms with Gasteiger partial charge in [0.1, 0.15) is 0 Å². The first kappa shape index (κ1) is 12.9. The molecular formula is C25H25FeOP. The fourth-order valence-corrected chi connectivity index (χ4v) is 108. The third-order valence-corrected chi connectivity index (χ3v) is 66.8. The molecule has 2 aromatic carbocycles. The van der Waals surface area contributed by atoms with E-state index in [1.165, 1.54) is 45.0 Å². The molecule has 0 bridgehead atoms. The summed E-state index contributed by atoms with van der Waals surface area (Å²) in [4.78, 5) is 10.2. The van der Waals surface area contributed by atoms with E-state index in [-0.39, 0.29) is 7.92 Å². The van der Waals surface area contributed by atoms with Crippen molar-refractivity contribution >= 4 is 18.5 Å². The molecule has 5 unspecified atom stereocenters. The molecule has 144 valence electrons. The van der Waals surface area contributed by atoms with Crippen LogP contribution in [0.2, 0.25) is 38.5 Å². The van der Waals surface area contributed by atoms with Crippen molar-refractivity contribution in [3.63, 3.8) is 0 Å². The summed E-state index contributed by atoms with van der Waals surface area (Å²) in [7, 11) is -0.258. The summed E-state index contributed by atoms with van der Waals surface area (Å²) in [6.07, 6.45) is 1.20. The van der Waals surface area contributed by atoms with Crippen LogP contribution in [0.4, 0.5) is 0 Å². The monoisotopic (exact) mass is 428 g/mol. The van der Waals surface area contributed by atoms with Gasteiger partial charge in [-0.05, 0) is 0 Å². The van der Waals surface area contributed by atoms with Crippen molar-refractivity contribution in [1.82, 2.24) is 0 Å². The van der Waals surface area contributed by atoms with E-state index in [0.29, 0.717) is 8.55 Å². The number of rotatable bonds is 6. The van der Waals surface area contributed by atoms with Crippen LogP contribution in [0.25, 0.3) is 0 Å². The number of ether oxygens (including phenoxy) is 1. The maximum absolute atomic E-state index is 7.31. The Morgan fingerprint density at radius 1 is 0.786 bits per heavy atom. The molecule has 0 N–H and O–H groups in total. The van der Waals surface area contributed by atoms with Gasteiger partial charge in [-0.3, -0.25) is 0 Å². The van der Waals surface area contributed by atoms with E-state index in [1.54, 1.807) is 10.6 Å². The molecular weight excluding hydrogens is 403 g/mol. The number of fused-ring (bicyclic) bond motifs is 10. The summed E-state index contributed by atoms with van der Waals surface area (Å²) in [6.45, 7) is -0.183. The molecule has 5 atom stereocenters. The molecule has 10 aliphatic heterocycles. The number of benzene rings is 2. The number of hydrogen-bond acceptors (Lipinski definition) is 1. The summed E-state index contributed by atoms with van der Waals surface area (Å²) in [5.74, 6) is 0. The Morgan fingerprint density at radius 2 is 1.32 bits per heavy atom. The van der Waals surface area contributed by atoms with Gasteiger partial charge < -0.3 is 0 Å². The molecule has 2 aromatic rings. The van der Waals surface area contributed by atoms with Gasteiger partial charge in [0.15, 0.2) is 0 Å². The minimum atomic E-state index is -3.55. The van der Waals surface area contributed by atoms with E-state index in [1.807, 2.05) is 0 Å². The van der Waals surface area contributed by atoms with Crippen LogP contribution in [0.3, 0.4) is 0 Å². The van der Waals surface area contributed by atoms with E-state index < -0.39 is 6.51 Å². The van der Waals surface area contributed by atoms with Crippen molar-refractivity contribution in [1.29, 1.82) is 0 Å². The molecule has 10 saturated heterocycles. The molecule has 0 radical (unpaired) electrons. The zero-order valence-corrected chi connectivity index (χ0v) is 18.0. The normalized spacial score (nSPS) is 79.6. The van der Waals surface area contributed by atoms with Crippen molar-refractivity contribution in [2.75, 3.05) is 6.61 Å². The quantitative estimate of drug-likeness (QED) is 0.421. The summed E-state index contributed by atoms with van der Waals surface area (Å²) in [6, 6.07) is 23.6. The summed E-state index contributed by atoms with van der Waals surface area (Å²) in [5, 5.41) is 3.35. The first-order valence-corrected chi connectivity index (χ1v) is 18.9. The van der Waals surface area contributed by atoms with Gasteiger partial charge in [0.2, 0.25) is 0 Å². The van der Waals surface area contributed by atoms with Crippen LogP contribution in [0.5, 0.6) is 0 Å². The van der Waals surface area contributed by atoms with Crippen molar-refractivity contribution in [3.8, 4) is 0 Å². The van der Waals surface area contributed by atoms with Gasteiger partial charge in [0.05, 0.1) is 0 Å². The second-order valence-corrected chi connectivity index (χ2v) is 39.5. The molecule has 0 saturated carbocycles. The van der Waals surface area contributed by atoms with Crippen molar-refractivity contribution < 1.29 is 11.2 Å². The van der Waals surface area contributed by atoms with Gasteiger partial charge in [-0.1, -0.05) is 0 Å². The van der Waals surface area contributed by atoms with Crippen LogP contribution in [0, 0.1) is 0 Å². The second kappa shape index (κ2) is 1.62. The van der Waals surface area contributed by atoms with E-state index >= 15 is 0 Å². The topological polar surface area (TPSA) is 9.23 Å². The molecule has 10 aliphatic rings. The third-order valence-electron chi connectivity index (χ3n) is 17.5. The third kappa shape index (κ3) is 0.220. The van der Waals surface area contributed by atoms with Crippen LogP contribution in [0.1, 0.15) is 13.3 Å². The minimum absolute atomic E-state index is 0.258. The molecule has 10 heterocycles. The fraction of sp³-hybridized carbons (Fsp3) is 0.520. The Hall–Kier alpha value is -0.651. The first-order valence-electron chi connectivity index (χ1n) is 11.3. The molecule has 0 amide bonds. The van der Waals surface area contributed by atoms with Gasteiger partial charge in [-0.2, -0.15) is 0 Å². The summed E-state index contributed by atoms with van der Waals surface area (Å²) in [5.41, 5.74) is 0. The van der Waals surface area contributed by atoms with Crippen LogP contribution in [-0.2, 0) is 11.2 Å². The average Bonchev–Trinajstić information content (AvgIpc) is 3.69. The van der Waals surface area contributed by atoms with Crippen LogP contribution in [0.15, 0.2) is 60.7 Å². The zero-order valence-electron chi connectivity index (χ0n) is 16.0. The van der Waals surface area contributed by atoms with Crippen molar-refractivity contribution in [2.45, 2.75) is 60.4 Å². The average molecular weight is 428 g/mol. The van der Waals surface area contributed by atoms with Gasteiger partial charge in [-0.25, -0.2) is 0 Å². The SMILES string of the molecule is CCCO[C]12[CH]3[CH]4[CH]5[C]1(P(c1ccccc1)c1ccccc1)[Fe]43521678[CH]2[CH]1[CH]6[CH]7[CH]28. The molecule has 10 fully saturated rings. The molecule has 12 rings (SSSR count). The maximum atomic E-state index is 7.31. The Bertz CT molecular complexity index is 1490. The first-order chi connectivity index (χ1) is 13.6. The van der Waals surface area contributed by atoms with Crippen molar-refractivity contribution in [3.05, 3.63) is 60.7 Å². The molecule has 0 aromatic heterocycles. The second-order valence-electron chi connectivity index (χ2n) is 13.5. The Labute approximate surface area is 157 Å². The van der Waals surface area contributed by atoms with Crippen LogP contribution < -0.4 is 10.6 Å². The van der Waals surface area contributed by atoms with Gasteiger partial charge in [0.25, 0.3) is 0 Å². The van der Waals surface area contributed by atoms with E-state index in [2.05, 4.69) is 67.6 Å². The molecule has 1 spiro atoms. The molecule has 3 heteroatoms. The van der Waals surface area contributed by atoms with Gasteiger partial charge >= 0.3 is 157 Å². The van der Waals surface area contributed by atoms with E-state index in [0.717, 1.165) is 6.61 Å². The van der Waals surface area contributed by atoms with Gasteiger partial charge in [0, 0.05) is 0 Å². The molecule has 1 nitrogen and oxygen atoms in total. The predicted octanol–water partition coefficient (Wildman–Crippen LogP) is 5.75.